The topological polar surface area (TPSA) is 83.5 Å². The van der Waals surface area contributed by atoms with Crippen LogP contribution in [0.15, 0.2) is 52.0 Å². The summed E-state index contributed by atoms with van der Waals surface area (Å²) >= 11 is 7.19. The van der Waals surface area contributed by atoms with E-state index in [1.165, 1.54) is 36.5 Å². The number of para-hydroxylation sites is 1. The smallest absolute Gasteiger partial charge is 0.437 e. The summed E-state index contributed by atoms with van der Waals surface area (Å²) < 4.78 is 45.9. The molecule has 0 fully saturated rings. The van der Waals surface area contributed by atoms with Crippen LogP contribution in [0, 0.1) is 6.92 Å². The van der Waals surface area contributed by atoms with Crippen molar-refractivity contribution in [1.29, 1.82) is 0 Å². The zero-order chi connectivity index (χ0) is 21.5. The van der Waals surface area contributed by atoms with Crippen LogP contribution in [0.5, 0.6) is 5.75 Å². The third-order valence-electron chi connectivity index (χ3n) is 4.13. The molecule has 0 radical (unpaired) electrons. The molecule has 0 unspecified atom stereocenters. The fourth-order valence-electron chi connectivity index (χ4n) is 2.71. The van der Waals surface area contributed by atoms with E-state index >= 15 is 0 Å². The molecule has 0 amide bonds. The van der Waals surface area contributed by atoms with Crippen molar-refractivity contribution in [3.05, 3.63) is 64.3 Å². The summed E-state index contributed by atoms with van der Waals surface area (Å²) in [5, 5.41) is 16.5. The number of benzene rings is 2. The van der Waals surface area contributed by atoms with Crippen molar-refractivity contribution in [3.8, 4) is 5.75 Å². The number of hydrogen-bond donors (Lipinski definition) is 2. The Morgan fingerprint density at radius 1 is 1.20 bits per heavy atom. The zero-order valence-corrected chi connectivity index (χ0v) is 16.7. The lowest BCUT2D eigenvalue weighted by atomic mass is 10.2. The fourth-order valence-corrected chi connectivity index (χ4v) is 3.71. The summed E-state index contributed by atoms with van der Waals surface area (Å²) in [6.45, 7) is 1.23. The van der Waals surface area contributed by atoms with Crippen molar-refractivity contribution >= 4 is 49.7 Å². The van der Waals surface area contributed by atoms with E-state index in [0.717, 1.165) is 4.70 Å². The number of nitrogens with one attached hydrogen (secondary N) is 1. The summed E-state index contributed by atoms with van der Waals surface area (Å²) in [6, 6.07) is 11.4. The fraction of sp³-hybridized carbons (Fsp3) is 0.105. The predicted molar refractivity (Wildman–Crippen MR) is 107 cm³/mol. The molecule has 6 nitrogen and oxygen atoms in total. The molecule has 0 aliphatic carbocycles. The zero-order valence-electron chi connectivity index (χ0n) is 15.2. The molecule has 0 spiro atoms. The molecular formula is C19H12ClF3N4O2S. The van der Waals surface area contributed by atoms with Gasteiger partial charge in [0.15, 0.2) is 5.69 Å². The number of halogens is 4. The lowest BCUT2D eigenvalue weighted by Gasteiger charge is -2.14. The minimum absolute atomic E-state index is 0.0841. The number of rotatable bonds is 3. The number of thiazole rings is 1. The molecule has 0 saturated heterocycles. The summed E-state index contributed by atoms with van der Waals surface area (Å²) in [5.74, 6) is -0.213. The lowest BCUT2D eigenvalue weighted by molar-refractivity contribution is -0.144. The SMILES string of the molecule is Cc1c(C(F)(F)F)no/c(=N\c2nc3ccccc3s2)c1Nc1cc(Cl)ccc1O. The number of fused-ring (bicyclic) bond motifs is 1. The molecule has 0 saturated carbocycles. The van der Waals surface area contributed by atoms with E-state index in [4.69, 9.17) is 16.1 Å². The number of phenolic OH excluding ortho intramolecular Hbond substituents is 1. The van der Waals surface area contributed by atoms with Crippen molar-refractivity contribution in [2.24, 2.45) is 4.99 Å². The highest BCUT2D eigenvalue weighted by Gasteiger charge is 2.37. The van der Waals surface area contributed by atoms with Crippen LogP contribution in [0.4, 0.5) is 29.7 Å². The quantitative estimate of drug-likeness (QED) is 0.375. The average molecular weight is 453 g/mol. The molecule has 0 bridgehead atoms. The van der Waals surface area contributed by atoms with E-state index < -0.39 is 11.9 Å². The Kier molecular flexibility index (Phi) is 5.12. The number of aromatic hydroxyl groups is 1. The van der Waals surface area contributed by atoms with Crippen LogP contribution in [-0.4, -0.2) is 15.2 Å². The van der Waals surface area contributed by atoms with Crippen LogP contribution in [0.25, 0.3) is 10.2 Å². The Balaban J connectivity index is 1.91. The van der Waals surface area contributed by atoms with Crippen LogP contribution < -0.4 is 10.9 Å². The van der Waals surface area contributed by atoms with Gasteiger partial charge in [0.1, 0.15) is 11.4 Å². The summed E-state index contributed by atoms with van der Waals surface area (Å²) in [4.78, 5) is 8.58. The number of anilines is 2. The highest BCUT2D eigenvalue weighted by atomic mass is 35.5. The van der Waals surface area contributed by atoms with E-state index in [1.54, 1.807) is 6.07 Å². The Hall–Kier alpha value is -3.11. The first-order chi connectivity index (χ1) is 14.2. The normalized spacial score (nSPS) is 12.5. The van der Waals surface area contributed by atoms with Crippen molar-refractivity contribution in [3.63, 3.8) is 0 Å². The number of alkyl halides is 3. The molecule has 0 aliphatic heterocycles. The van der Waals surface area contributed by atoms with E-state index in [-0.39, 0.29) is 38.4 Å². The first-order valence-electron chi connectivity index (χ1n) is 8.46. The average Bonchev–Trinajstić information content (AvgIpc) is 3.08. The largest absolute Gasteiger partial charge is 0.506 e. The molecule has 154 valence electrons. The molecule has 2 aromatic carbocycles. The van der Waals surface area contributed by atoms with Gasteiger partial charge in [-0.15, -0.1) is 0 Å². The number of aromatic nitrogens is 2. The van der Waals surface area contributed by atoms with Gasteiger partial charge < -0.3 is 14.9 Å². The van der Waals surface area contributed by atoms with Crippen LogP contribution >= 0.6 is 22.9 Å². The highest BCUT2D eigenvalue weighted by Crippen LogP contribution is 2.35. The van der Waals surface area contributed by atoms with Crippen molar-refractivity contribution < 1.29 is 22.8 Å². The standard InChI is InChI=1S/C19H12ClF3N4O2S/c1-9-15(24-12-8-10(20)6-7-13(12)28)17(29-27-16(9)19(21,22)23)26-18-25-11-4-2-3-5-14(11)30-18/h2-8,24,28H,1H3/b26-17-. The maximum atomic E-state index is 13.3. The van der Waals surface area contributed by atoms with Gasteiger partial charge >= 0.3 is 6.18 Å². The van der Waals surface area contributed by atoms with Gasteiger partial charge in [-0.25, -0.2) is 4.98 Å². The minimum atomic E-state index is -4.74. The molecule has 2 N–H and O–H groups in total. The van der Waals surface area contributed by atoms with E-state index in [9.17, 15) is 18.3 Å². The molecule has 2 aromatic heterocycles. The molecular weight excluding hydrogens is 441 g/mol. The van der Waals surface area contributed by atoms with Gasteiger partial charge in [0.2, 0.25) is 5.13 Å². The van der Waals surface area contributed by atoms with Gasteiger partial charge in [-0.2, -0.15) is 18.2 Å². The summed E-state index contributed by atoms with van der Waals surface area (Å²) in [7, 11) is 0. The molecule has 4 rings (SSSR count). The Bertz CT molecular complexity index is 1280. The third kappa shape index (κ3) is 3.96. The van der Waals surface area contributed by atoms with E-state index in [0.29, 0.717) is 5.52 Å². The van der Waals surface area contributed by atoms with Gasteiger partial charge in [-0.05, 0) is 37.3 Å². The van der Waals surface area contributed by atoms with Gasteiger partial charge in [-0.3, -0.25) is 0 Å². The molecule has 30 heavy (non-hydrogen) atoms. The predicted octanol–water partition coefficient (Wildman–Crippen LogP) is 5.95. The van der Waals surface area contributed by atoms with Crippen LogP contribution in [0.2, 0.25) is 5.02 Å². The van der Waals surface area contributed by atoms with Gasteiger partial charge in [-0.1, -0.05) is 40.2 Å². The molecule has 0 atom stereocenters. The Morgan fingerprint density at radius 2 is 1.97 bits per heavy atom. The van der Waals surface area contributed by atoms with Gasteiger partial charge in [0.25, 0.3) is 5.55 Å². The first-order valence-corrected chi connectivity index (χ1v) is 9.65. The molecule has 2 heterocycles. The Morgan fingerprint density at radius 3 is 2.70 bits per heavy atom. The van der Waals surface area contributed by atoms with E-state index in [1.807, 2.05) is 18.2 Å². The molecule has 4 aromatic rings. The van der Waals surface area contributed by atoms with Gasteiger partial charge in [0, 0.05) is 10.6 Å². The first kappa shape index (κ1) is 20.2. The van der Waals surface area contributed by atoms with Gasteiger partial charge in [0.05, 0.1) is 15.9 Å². The monoisotopic (exact) mass is 452 g/mol. The maximum Gasteiger partial charge on any atom is 0.437 e. The number of hydrogen-bond acceptors (Lipinski definition) is 7. The van der Waals surface area contributed by atoms with E-state index in [2.05, 4.69) is 20.4 Å². The number of nitrogens with zero attached hydrogens (tertiary/aromatic N) is 3. The van der Waals surface area contributed by atoms with Crippen molar-refractivity contribution in [2.75, 3.05) is 5.32 Å². The minimum Gasteiger partial charge on any atom is -0.506 e. The lowest BCUT2D eigenvalue weighted by Crippen LogP contribution is -2.19. The second-order valence-corrected chi connectivity index (χ2v) is 7.64. The van der Waals surface area contributed by atoms with Crippen molar-refractivity contribution in [1.82, 2.24) is 10.1 Å². The summed E-state index contributed by atoms with van der Waals surface area (Å²) in [6.07, 6.45) is -4.74. The second-order valence-electron chi connectivity index (χ2n) is 6.20. The third-order valence-corrected chi connectivity index (χ3v) is 5.30. The van der Waals surface area contributed by atoms with Crippen LogP contribution in [0.3, 0.4) is 0 Å². The summed E-state index contributed by atoms with van der Waals surface area (Å²) in [5.41, 5.74) is -1.03. The number of phenols is 1. The molecule has 11 heteroatoms. The van der Waals surface area contributed by atoms with Crippen molar-refractivity contribution in [2.45, 2.75) is 13.1 Å². The van der Waals surface area contributed by atoms with Crippen LogP contribution in [0.1, 0.15) is 11.3 Å². The second kappa shape index (κ2) is 7.62. The maximum absolute atomic E-state index is 13.3. The highest BCUT2D eigenvalue weighted by molar-refractivity contribution is 7.21. The Labute approximate surface area is 176 Å². The molecule has 0 aliphatic rings. The van der Waals surface area contributed by atoms with Crippen LogP contribution in [-0.2, 0) is 6.18 Å².